The van der Waals surface area contributed by atoms with Crippen LogP contribution in [0, 0.1) is 11.3 Å². The molecule has 0 bridgehead atoms. The van der Waals surface area contributed by atoms with E-state index in [0.717, 1.165) is 19.3 Å². The number of rotatable bonds is 2. The minimum Gasteiger partial charge on any atom is -0.374 e. The summed E-state index contributed by atoms with van der Waals surface area (Å²) in [6, 6.07) is 1.95. The van der Waals surface area contributed by atoms with Gasteiger partial charge in [-0.25, -0.2) is 0 Å². The van der Waals surface area contributed by atoms with E-state index in [9.17, 15) is 5.11 Å². The van der Waals surface area contributed by atoms with Crippen LogP contribution in [0.2, 0.25) is 0 Å². The molecule has 0 radical (unpaired) electrons. The first-order valence-corrected chi connectivity index (χ1v) is 4.48. The Hall–Kier alpha value is -0.590. The zero-order valence-electron chi connectivity index (χ0n) is 7.42. The molecule has 1 aliphatic carbocycles. The fourth-order valence-electron chi connectivity index (χ4n) is 1.67. The molecule has 0 unspecified atom stereocenters. The molecule has 1 N–H and O–H groups in total. The second-order valence-corrected chi connectivity index (χ2v) is 3.23. The highest BCUT2D eigenvalue weighted by Crippen LogP contribution is 2.29. The van der Waals surface area contributed by atoms with Crippen LogP contribution in [-0.4, -0.2) is 23.4 Å². The summed E-state index contributed by atoms with van der Waals surface area (Å²) in [4.78, 5) is 0. The molecular formula is C9H15NO2. The summed E-state index contributed by atoms with van der Waals surface area (Å²) in [5.41, 5.74) is -1.23. The van der Waals surface area contributed by atoms with Gasteiger partial charge < -0.3 is 9.84 Å². The van der Waals surface area contributed by atoms with Crippen LogP contribution < -0.4 is 0 Å². The maximum absolute atomic E-state index is 9.78. The van der Waals surface area contributed by atoms with Crippen LogP contribution in [0.4, 0.5) is 0 Å². The number of nitrogens with zero attached hydrogens (tertiary/aromatic N) is 1. The van der Waals surface area contributed by atoms with E-state index in [1.165, 1.54) is 0 Å². The van der Waals surface area contributed by atoms with Crippen LogP contribution in [-0.2, 0) is 4.74 Å². The minimum atomic E-state index is -1.23. The number of aliphatic hydroxyl groups is 1. The Bertz CT molecular complexity index is 185. The van der Waals surface area contributed by atoms with Crippen molar-refractivity contribution in [3.05, 3.63) is 0 Å². The third-order valence-corrected chi connectivity index (χ3v) is 2.37. The molecule has 1 rings (SSSR count). The number of hydrogen-bond donors (Lipinski definition) is 1. The molecule has 0 aromatic carbocycles. The molecule has 0 spiro atoms. The Morgan fingerprint density at radius 2 is 2.42 bits per heavy atom. The summed E-state index contributed by atoms with van der Waals surface area (Å²) in [6.45, 7) is 2.45. The van der Waals surface area contributed by atoms with Gasteiger partial charge in [-0.15, -0.1) is 0 Å². The number of hydrogen-bond acceptors (Lipinski definition) is 3. The second-order valence-electron chi connectivity index (χ2n) is 3.23. The second kappa shape index (κ2) is 3.88. The molecule has 0 saturated heterocycles. The third kappa shape index (κ3) is 1.77. The zero-order valence-corrected chi connectivity index (χ0v) is 7.42. The number of ether oxygens (including phenoxy) is 1. The lowest BCUT2D eigenvalue weighted by Gasteiger charge is -2.33. The van der Waals surface area contributed by atoms with Crippen LogP contribution in [0.25, 0.3) is 0 Å². The lowest BCUT2D eigenvalue weighted by molar-refractivity contribution is -0.0951. The molecule has 3 nitrogen and oxygen atoms in total. The van der Waals surface area contributed by atoms with Gasteiger partial charge in [-0.2, -0.15) is 5.26 Å². The zero-order chi connectivity index (χ0) is 9.03. The summed E-state index contributed by atoms with van der Waals surface area (Å²) in [7, 11) is 0. The van der Waals surface area contributed by atoms with Crippen LogP contribution >= 0.6 is 0 Å². The summed E-state index contributed by atoms with van der Waals surface area (Å²) in [6.07, 6.45) is 3.05. The van der Waals surface area contributed by atoms with E-state index in [4.69, 9.17) is 10.00 Å². The molecular weight excluding hydrogens is 154 g/mol. The Morgan fingerprint density at radius 3 is 3.00 bits per heavy atom. The molecule has 1 fully saturated rings. The summed E-state index contributed by atoms with van der Waals surface area (Å²) in [5, 5.41) is 18.6. The van der Waals surface area contributed by atoms with Crippen molar-refractivity contribution in [3.8, 4) is 6.07 Å². The van der Waals surface area contributed by atoms with Crippen molar-refractivity contribution in [1.29, 1.82) is 5.26 Å². The first kappa shape index (κ1) is 9.50. The quantitative estimate of drug-likeness (QED) is 0.632. The molecule has 12 heavy (non-hydrogen) atoms. The van der Waals surface area contributed by atoms with Crippen LogP contribution in [0.15, 0.2) is 0 Å². The maximum atomic E-state index is 9.78. The van der Waals surface area contributed by atoms with E-state index in [-0.39, 0.29) is 6.10 Å². The Balaban J connectivity index is 2.61. The lowest BCUT2D eigenvalue weighted by atomic mass is 9.83. The van der Waals surface area contributed by atoms with Crippen molar-refractivity contribution in [2.24, 2.45) is 0 Å². The van der Waals surface area contributed by atoms with Crippen molar-refractivity contribution < 1.29 is 9.84 Å². The molecule has 68 valence electrons. The molecule has 0 aromatic heterocycles. The van der Waals surface area contributed by atoms with E-state index in [0.29, 0.717) is 13.0 Å². The lowest BCUT2D eigenvalue weighted by Crippen LogP contribution is -2.45. The predicted molar refractivity (Wildman–Crippen MR) is 44.4 cm³/mol. The van der Waals surface area contributed by atoms with E-state index in [1.54, 1.807) is 0 Å². The molecule has 0 aliphatic heterocycles. The van der Waals surface area contributed by atoms with Gasteiger partial charge in [-0.1, -0.05) is 6.42 Å². The van der Waals surface area contributed by atoms with Crippen molar-refractivity contribution in [2.75, 3.05) is 6.61 Å². The number of nitriles is 1. The van der Waals surface area contributed by atoms with E-state index in [2.05, 4.69) is 0 Å². The van der Waals surface area contributed by atoms with Crippen LogP contribution in [0.5, 0.6) is 0 Å². The average molecular weight is 169 g/mol. The van der Waals surface area contributed by atoms with E-state index < -0.39 is 5.60 Å². The Morgan fingerprint density at radius 1 is 1.67 bits per heavy atom. The molecule has 3 heteroatoms. The fraction of sp³-hybridized carbons (Fsp3) is 0.889. The molecule has 1 saturated carbocycles. The van der Waals surface area contributed by atoms with Gasteiger partial charge >= 0.3 is 0 Å². The fourth-order valence-corrected chi connectivity index (χ4v) is 1.67. The van der Waals surface area contributed by atoms with Crippen molar-refractivity contribution >= 4 is 0 Å². The predicted octanol–water partition coefficient (Wildman–Crippen LogP) is 1.22. The smallest absolute Gasteiger partial charge is 0.177 e. The monoisotopic (exact) mass is 169 g/mol. The first-order chi connectivity index (χ1) is 5.73. The molecule has 0 heterocycles. The van der Waals surface area contributed by atoms with Crippen molar-refractivity contribution in [3.63, 3.8) is 0 Å². The third-order valence-electron chi connectivity index (χ3n) is 2.37. The highest BCUT2D eigenvalue weighted by Gasteiger charge is 2.39. The summed E-state index contributed by atoms with van der Waals surface area (Å²) >= 11 is 0. The van der Waals surface area contributed by atoms with Gasteiger partial charge in [0.1, 0.15) is 6.07 Å². The SMILES string of the molecule is CCO[C@H]1CCCC[C@]1(O)C#N. The minimum absolute atomic E-state index is 0.277. The van der Waals surface area contributed by atoms with Crippen molar-refractivity contribution in [2.45, 2.75) is 44.3 Å². The van der Waals surface area contributed by atoms with Gasteiger partial charge in [-0.05, 0) is 26.2 Å². The van der Waals surface area contributed by atoms with Gasteiger partial charge in [0.2, 0.25) is 0 Å². The maximum Gasteiger partial charge on any atom is 0.177 e. The molecule has 0 aromatic rings. The Labute approximate surface area is 73.0 Å². The Kier molecular flexibility index (Phi) is 3.07. The summed E-state index contributed by atoms with van der Waals surface area (Å²) < 4.78 is 5.32. The van der Waals surface area contributed by atoms with Crippen molar-refractivity contribution in [1.82, 2.24) is 0 Å². The van der Waals surface area contributed by atoms with Gasteiger partial charge in [-0.3, -0.25) is 0 Å². The largest absolute Gasteiger partial charge is 0.374 e. The molecule has 0 amide bonds. The van der Waals surface area contributed by atoms with Gasteiger partial charge in [0.15, 0.2) is 5.60 Å². The highest BCUT2D eigenvalue weighted by molar-refractivity contribution is 5.07. The molecule has 1 aliphatic rings. The first-order valence-electron chi connectivity index (χ1n) is 4.48. The topological polar surface area (TPSA) is 53.2 Å². The van der Waals surface area contributed by atoms with Gasteiger partial charge in [0.05, 0.1) is 6.10 Å². The average Bonchev–Trinajstić information content (AvgIpc) is 2.10. The normalized spacial score (nSPS) is 35.9. The summed E-state index contributed by atoms with van der Waals surface area (Å²) in [5.74, 6) is 0. The highest BCUT2D eigenvalue weighted by atomic mass is 16.5. The van der Waals surface area contributed by atoms with Crippen LogP contribution in [0.1, 0.15) is 32.6 Å². The van der Waals surface area contributed by atoms with Gasteiger partial charge in [0, 0.05) is 6.61 Å². The van der Waals surface area contributed by atoms with Gasteiger partial charge in [0.25, 0.3) is 0 Å². The van der Waals surface area contributed by atoms with Crippen LogP contribution in [0.3, 0.4) is 0 Å². The standard InChI is InChI=1S/C9H15NO2/c1-2-12-8-5-3-4-6-9(8,11)7-10/h8,11H,2-6H2,1H3/t8-,9-/m0/s1. The van der Waals surface area contributed by atoms with E-state index in [1.807, 2.05) is 13.0 Å². The van der Waals surface area contributed by atoms with E-state index >= 15 is 0 Å². The molecule has 2 atom stereocenters.